The molecule has 0 radical (unpaired) electrons. The average Bonchev–Trinajstić information content (AvgIpc) is 2.79. The molecule has 31 heavy (non-hydrogen) atoms. The van der Waals surface area contributed by atoms with Gasteiger partial charge in [-0.05, 0) is 53.9 Å². The lowest BCUT2D eigenvalue weighted by Crippen LogP contribution is -2.26. The number of nitrogens with zero attached hydrogens (tertiary/aromatic N) is 3. The fourth-order valence-electron chi connectivity index (χ4n) is 4.19. The number of aliphatic hydroxyl groups is 1. The molecule has 0 saturated heterocycles. The van der Waals surface area contributed by atoms with Crippen LogP contribution < -0.4 is 5.32 Å². The van der Waals surface area contributed by atoms with Crippen molar-refractivity contribution < 1.29 is 5.11 Å². The van der Waals surface area contributed by atoms with E-state index in [0.717, 1.165) is 52.8 Å². The molecule has 1 aromatic heterocycles. The standard InChI is InChI=1S/C25H23ClN4O/c1-30-11-10-16-6-7-19(12-18(16)14-30)28-25-27-13-22-23(26)9-8-21(24(22)29-25)20-5-3-2-4-17(20)15-31/h2-9,12-13,31H,10-11,14-15H2,1H3,(H,27,28,29). The summed E-state index contributed by atoms with van der Waals surface area (Å²) in [5, 5.41) is 14.5. The summed E-state index contributed by atoms with van der Waals surface area (Å²) in [6, 6.07) is 18.0. The molecule has 1 aliphatic heterocycles. The first-order valence-corrected chi connectivity index (χ1v) is 10.7. The highest BCUT2D eigenvalue weighted by molar-refractivity contribution is 6.35. The van der Waals surface area contributed by atoms with Crippen LogP contribution in [0.5, 0.6) is 0 Å². The van der Waals surface area contributed by atoms with E-state index in [0.29, 0.717) is 11.0 Å². The highest BCUT2D eigenvalue weighted by Crippen LogP contribution is 2.34. The van der Waals surface area contributed by atoms with Crippen molar-refractivity contribution in [3.63, 3.8) is 0 Å². The first-order chi connectivity index (χ1) is 15.1. The lowest BCUT2D eigenvalue weighted by Gasteiger charge is -2.25. The Morgan fingerprint density at radius 3 is 2.81 bits per heavy atom. The molecule has 5 rings (SSSR count). The predicted octanol–water partition coefficient (Wildman–Crippen LogP) is 5.17. The van der Waals surface area contributed by atoms with E-state index in [-0.39, 0.29) is 6.61 Å². The van der Waals surface area contributed by atoms with E-state index in [1.165, 1.54) is 11.1 Å². The van der Waals surface area contributed by atoms with Crippen molar-refractivity contribution in [2.45, 2.75) is 19.6 Å². The van der Waals surface area contributed by atoms with Crippen molar-refractivity contribution in [1.82, 2.24) is 14.9 Å². The quantitative estimate of drug-likeness (QED) is 0.467. The van der Waals surface area contributed by atoms with Crippen LogP contribution in [0.3, 0.4) is 0 Å². The highest BCUT2D eigenvalue weighted by atomic mass is 35.5. The van der Waals surface area contributed by atoms with Crippen LogP contribution in [0.15, 0.2) is 60.8 Å². The van der Waals surface area contributed by atoms with Crippen LogP contribution >= 0.6 is 11.6 Å². The number of fused-ring (bicyclic) bond motifs is 2. The summed E-state index contributed by atoms with van der Waals surface area (Å²) in [5.74, 6) is 0.515. The Balaban J connectivity index is 1.56. The number of aliphatic hydroxyl groups excluding tert-OH is 1. The maximum absolute atomic E-state index is 9.80. The molecule has 0 spiro atoms. The predicted molar refractivity (Wildman–Crippen MR) is 126 cm³/mol. The molecular formula is C25H23ClN4O. The topological polar surface area (TPSA) is 61.3 Å². The van der Waals surface area contributed by atoms with Crippen LogP contribution in [0.25, 0.3) is 22.0 Å². The minimum Gasteiger partial charge on any atom is -0.392 e. The summed E-state index contributed by atoms with van der Waals surface area (Å²) in [6.07, 6.45) is 2.83. The second kappa shape index (κ2) is 8.27. The molecule has 6 heteroatoms. The van der Waals surface area contributed by atoms with E-state index in [4.69, 9.17) is 16.6 Å². The smallest absolute Gasteiger partial charge is 0.227 e. The number of nitrogens with one attached hydrogen (secondary N) is 1. The Hall–Kier alpha value is -2.99. The van der Waals surface area contributed by atoms with Gasteiger partial charge in [0.15, 0.2) is 0 Å². The second-order valence-corrected chi connectivity index (χ2v) is 8.37. The van der Waals surface area contributed by atoms with Crippen molar-refractivity contribution in [1.29, 1.82) is 0 Å². The van der Waals surface area contributed by atoms with Gasteiger partial charge in [0, 0.05) is 35.9 Å². The summed E-state index contributed by atoms with van der Waals surface area (Å²) in [4.78, 5) is 11.6. The van der Waals surface area contributed by atoms with E-state index in [1.807, 2.05) is 36.4 Å². The number of rotatable bonds is 4. The Morgan fingerprint density at radius 1 is 1.06 bits per heavy atom. The van der Waals surface area contributed by atoms with Gasteiger partial charge >= 0.3 is 0 Å². The normalized spacial score (nSPS) is 13.9. The Kier molecular flexibility index (Phi) is 5.32. The number of likely N-dealkylation sites (N-methyl/N-ethyl adjacent to an activating group) is 1. The SMILES string of the molecule is CN1CCc2ccc(Nc3ncc4c(Cl)ccc(-c5ccccc5CO)c4n3)cc2C1. The number of halogens is 1. The molecule has 0 saturated carbocycles. The molecule has 1 aliphatic rings. The maximum atomic E-state index is 9.80. The van der Waals surface area contributed by atoms with Crippen LogP contribution in [0.1, 0.15) is 16.7 Å². The molecule has 2 heterocycles. The Bertz CT molecular complexity index is 1270. The third-order valence-electron chi connectivity index (χ3n) is 5.84. The molecule has 0 aliphatic carbocycles. The van der Waals surface area contributed by atoms with Gasteiger partial charge in [-0.25, -0.2) is 9.97 Å². The molecule has 3 aromatic carbocycles. The number of hydrogen-bond acceptors (Lipinski definition) is 5. The van der Waals surface area contributed by atoms with E-state index < -0.39 is 0 Å². The Labute approximate surface area is 186 Å². The first-order valence-electron chi connectivity index (χ1n) is 10.3. The van der Waals surface area contributed by atoms with Gasteiger partial charge < -0.3 is 15.3 Å². The summed E-state index contributed by atoms with van der Waals surface area (Å²) in [7, 11) is 2.14. The van der Waals surface area contributed by atoms with Crippen LogP contribution in [0.2, 0.25) is 5.02 Å². The fraction of sp³-hybridized carbons (Fsp3) is 0.200. The average molecular weight is 431 g/mol. The van der Waals surface area contributed by atoms with Gasteiger partial charge in [-0.3, -0.25) is 0 Å². The first kappa shape index (κ1) is 19.9. The third kappa shape index (κ3) is 3.88. The van der Waals surface area contributed by atoms with Gasteiger partial charge in [0.2, 0.25) is 5.95 Å². The van der Waals surface area contributed by atoms with Crippen molar-refractivity contribution in [3.8, 4) is 11.1 Å². The second-order valence-electron chi connectivity index (χ2n) is 7.96. The molecular weight excluding hydrogens is 408 g/mol. The number of anilines is 2. The summed E-state index contributed by atoms with van der Waals surface area (Å²) < 4.78 is 0. The van der Waals surface area contributed by atoms with Gasteiger partial charge in [0.05, 0.1) is 17.1 Å². The zero-order valence-corrected chi connectivity index (χ0v) is 18.0. The van der Waals surface area contributed by atoms with Crippen molar-refractivity contribution >= 4 is 34.1 Å². The molecule has 0 bridgehead atoms. The molecule has 0 atom stereocenters. The summed E-state index contributed by atoms with van der Waals surface area (Å²) in [6.45, 7) is 1.99. The van der Waals surface area contributed by atoms with Gasteiger partial charge in [0.25, 0.3) is 0 Å². The van der Waals surface area contributed by atoms with Crippen molar-refractivity contribution in [2.75, 3.05) is 18.9 Å². The number of hydrogen-bond donors (Lipinski definition) is 2. The lowest BCUT2D eigenvalue weighted by atomic mass is 9.98. The van der Waals surface area contributed by atoms with Crippen LogP contribution in [-0.4, -0.2) is 33.6 Å². The van der Waals surface area contributed by atoms with E-state index in [1.54, 1.807) is 6.20 Å². The highest BCUT2D eigenvalue weighted by Gasteiger charge is 2.15. The fourth-order valence-corrected chi connectivity index (χ4v) is 4.39. The van der Waals surface area contributed by atoms with Crippen molar-refractivity contribution in [2.24, 2.45) is 0 Å². The lowest BCUT2D eigenvalue weighted by molar-refractivity contribution is 0.282. The minimum absolute atomic E-state index is 0.0416. The zero-order valence-electron chi connectivity index (χ0n) is 17.3. The Morgan fingerprint density at radius 2 is 1.94 bits per heavy atom. The van der Waals surface area contributed by atoms with Gasteiger partial charge in [0.1, 0.15) is 0 Å². The van der Waals surface area contributed by atoms with Gasteiger partial charge in [-0.2, -0.15) is 0 Å². The monoisotopic (exact) mass is 430 g/mol. The van der Waals surface area contributed by atoms with Crippen LogP contribution in [0.4, 0.5) is 11.6 Å². The van der Waals surface area contributed by atoms with E-state index in [2.05, 4.69) is 40.4 Å². The van der Waals surface area contributed by atoms with E-state index >= 15 is 0 Å². The minimum atomic E-state index is -0.0416. The molecule has 156 valence electrons. The zero-order chi connectivity index (χ0) is 21.4. The number of aromatic nitrogens is 2. The van der Waals surface area contributed by atoms with Crippen LogP contribution in [-0.2, 0) is 19.6 Å². The molecule has 0 unspecified atom stereocenters. The van der Waals surface area contributed by atoms with E-state index in [9.17, 15) is 5.11 Å². The summed E-state index contributed by atoms with van der Waals surface area (Å²) >= 11 is 6.44. The molecule has 2 N–H and O–H groups in total. The van der Waals surface area contributed by atoms with Crippen LogP contribution in [0, 0.1) is 0 Å². The number of benzene rings is 3. The molecule has 0 fully saturated rings. The summed E-state index contributed by atoms with van der Waals surface area (Å²) in [5.41, 5.74) is 7.15. The molecule has 5 nitrogen and oxygen atoms in total. The largest absolute Gasteiger partial charge is 0.392 e. The maximum Gasteiger partial charge on any atom is 0.227 e. The van der Waals surface area contributed by atoms with Crippen molar-refractivity contribution in [3.05, 3.63) is 82.5 Å². The third-order valence-corrected chi connectivity index (χ3v) is 6.17. The van der Waals surface area contributed by atoms with Gasteiger partial charge in [-0.1, -0.05) is 48.0 Å². The molecule has 0 amide bonds. The molecule has 4 aromatic rings. The van der Waals surface area contributed by atoms with Gasteiger partial charge in [-0.15, -0.1) is 0 Å².